The molecule has 96 valence electrons. The first kappa shape index (κ1) is 14.0. The van der Waals surface area contributed by atoms with Gasteiger partial charge in [0.1, 0.15) is 11.6 Å². The van der Waals surface area contributed by atoms with E-state index < -0.39 is 11.6 Å². The van der Waals surface area contributed by atoms with Crippen LogP contribution in [0.25, 0.3) is 0 Å². The predicted octanol–water partition coefficient (Wildman–Crippen LogP) is 1.76. The molecule has 0 radical (unpaired) electrons. The summed E-state index contributed by atoms with van der Waals surface area (Å²) >= 11 is 0. The Morgan fingerprint density at radius 2 is 1.88 bits per heavy atom. The van der Waals surface area contributed by atoms with E-state index in [1.165, 1.54) is 12.1 Å². The quantitative estimate of drug-likeness (QED) is 0.592. The Morgan fingerprint density at radius 1 is 1.29 bits per heavy atom. The minimum atomic E-state index is -0.583. The lowest BCUT2D eigenvalue weighted by Gasteiger charge is -2.23. The predicted molar refractivity (Wildman–Crippen MR) is 62.3 cm³/mol. The van der Waals surface area contributed by atoms with Crippen molar-refractivity contribution in [1.82, 2.24) is 5.43 Å². The van der Waals surface area contributed by atoms with Crippen molar-refractivity contribution in [3.05, 3.63) is 35.4 Å². The van der Waals surface area contributed by atoms with Crippen molar-refractivity contribution in [3.63, 3.8) is 0 Å². The summed E-state index contributed by atoms with van der Waals surface area (Å²) in [5.41, 5.74) is 3.16. The summed E-state index contributed by atoms with van der Waals surface area (Å²) in [6, 6.07) is 3.26. The van der Waals surface area contributed by atoms with Gasteiger partial charge in [-0.05, 0) is 38.0 Å². The summed E-state index contributed by atoms with van der Waals surface area (Å²) in [5.74, 6) is 4.24. The highest BCUT2D eigenvalue weighted by Gasteiger charge is 2.17. The second-order valence-corrected chi connectivity index (χ2v) is 3.92. The maximum Gasteiger partial charge on any atom is 0.126 e. The molecule has 2 unspecified atom stereocenters. The zero-order valence-corrected chi connectivity index (χ0v) is 10.0. The minimum Gasteiger partial charge on any atom is -0.377 e. The lowest BCUT2D eigenvalue weighted by Crippen LogP contribution is -2.45. The summed E-state index contributed by atoms with van der Waals surface area (Å²) in [7, 11) is 0. The van der Waals surface area contributed by atoms with Crippen LogP contribution in [-0.4, -0.2) is 18.8 Å². The Morgan fingerprint density at radius 3 is 2.35 bits per heavy atom. The molecule has 1 rings (SSSR count). The third-order valence-electron chi connectivity index (χ3n) is 2.59. The number of benzene rings is 1. The van der Waals surface area contributed by atoms with Crippen LogP contribution >= 0.6 is 0 Å². The van der Waals surface area contributed by atoms with Crippen molar-refractivity contribution < 1.29 is 13.5 Å². The van der Waals surface area contributed by atoms with Gasteiger partial charge >= 0.3 is 0 Å². The van der Waals surface area contributed by atoms with Crippen LogP contribution in [0.2, 0.25) is 0 Å². The average Bonchev–Trinajstić information content (AvgIpc) is 2.24. The number of nitrogens with two attached hydrogens (primary N) is 1. The smallest absolute Gasteiger partial charge is 0.126 e. The fourth-order valence-electron chi connectivity index (χ4n) is 1.72. The number of hydrogen-bond donors (Lipinski definition) is 2. The molecule has 2 atom stereocenters. The van der Waals surface area contributed by atoms with Gasteiger partial charge in [-0.3, -0.25) is 11.3 Å². The molecule has 0 aromatic heterocycles. The molecule has 0 heterocycles. The second kappa shape index (κ2) is 6.64. The summed E-state index contributed by atoms with van der Waals surface area (Å²) in [6.45, 7) is 4.31. The molecule has 1 aromatic rings. The molecular weight excluding hydrogens is 226 g/mol. The molecule has 0 saturated carbocycles. The van der Waals surface area contributed by atoms with Crippen LogP contribution in [0.5, 0.6) is 0 Å². The van der Waals surface area contributed by atoms with Gasteiger partial charge < -0.3 is 4.74 Å². The fraction of sp³-hybridized carbons (Fsp3) is 0.500. The van der Waals surface area contributed by atoms with Gasteiger partial charge in [-0.25, -0.2) is 8.78 Å². The first-order valence-corrected chi connectivity index (χ1v) is 5.59. The fourth-order valence-corrected chi connectivity index (χ4v) is 1.72. The third kappa shape index (κ3) is 4.38. The van der Waals surface area contributed by atoms with Gasteiger partial charge in [0.2, 0.25) is 0 Å². The molecule has 0 aliphatic carbocycles. The molecule has 3 nitrogen and oxygen atoms in total. The van der Waals surface area contributed by atoms with Crippen LogP contribution < -0.4 is 11.3 Å². The lowest BCUT2D eigenvalue weighted by molar-refractivity contribution is 0.0476. The summed E-state index contributed by atoms with van der Waals surface area (Å²) in [5, 5.41) is 0. The number of nitrogens with one attached hydrogen (secondary N) is 1. The van der Waals surface area contributed by atoms with Crippen LogP contribution in [0.3, 0.4) is 0 Å². The van der Waals surface area contributed by atoms with Gasteiger partial charge in [-0.15, -0.1) is 0 Å². The maximum absolute atomic E-state index is 13.0. The molecule has 0 spiro atoms. The normalized spacial score (nSPS) is 14.6. The highest BCUT2D eigenvalue weighted by molar-refractivity contribution is 5.19. The Bertz CT molecular complexity index is 340. The summed E-state index contributed by atoms with van der Waals surface area (Å²) in [6.07, 6.45) is 0.281. The van der Waals surface area contributed by atoms with Gasteiger partial charge in [-0.2, -0.15) is 0 Å². The number of hydrogen-bond acceptors (Lipinski definition) is 3. The van der Waals surface area contributed by atoms with E-state index in [4.69, 9.17) is 10.6 Å². The van der Waals surface area contributed by atoms with Crippen molar-refractivity contribution in [3.8, 4) is 0 Å². The van der Waals surface area contributed by atoms with Crippen molar-refractivity contribution >= 4 is 0 Å². The van der Waals surface area contributed by atoms with E-state index in [1.54, 1.807) is 0 Å². The largest absolute Gasteiger partial charge is 0.377 e. The van der Waals surface area contributed by atoms with Crippen LogP contribution in [-0.2, 0) is 11.2 Å². The van der Waals surface area contributed by atoms with Gasteiger partial charge in [0.05, 0.1) is 12.1 Å². The molecule has 0 aliphatic rings. The molecule has 0 saturated heterocycles. The van der Waals surface area contributed by atoms with E-state index in [-0.39, 0.29) is 12.1 Å². The SMILES string of the molecule is CCOC(C)C(Cc1cc(F)cc(F)c1)NN. The minimum absolute atomic E-state index is 0.128. The molecule has 0 fully saturated rings. The number of hydrazine groups is 1. The van der Waals surface area contributed by atoms with Gasteiger partial charge in [0.15, 0.2) is 0 Å². The Hall–Kier alpha value is -1.04. The van der Waals surface area contributed by atoms with E-state index in [1.807, 2.05) is 13.8 Å². The number of rotatable bonds is 6. The number of halogens is 2. The Balaban J connectivity index is 2.73. The lowest BCUT2D eigenvalue weighted by atomic mass is 10.0. The molecular formula is C12H18F2N2O. The molecule has 0 aliphatic heterocycles. The molecule has 5 heteroatoms. The number of ether oxygens (including phenoxy) is 1. The van der Waals surface area contributed by atoms with Crippen molar-refractivity contribution in [2.24, 2.45) is 5.84 Å². The molecule has 0 amide bonds. The standard InChI is InChI=1S/C12H18F2N2O/c1-3-17-8(2)12(16-15)6-9-4-10(13)7-11(14)5-9/h4-5,7-8,12,16H,3,6,15H2,1-2H3. The molecule has 0 bridgehead atoms. The van der Waals surface area contributed by atoms with Crippen LogP contribution in [0.4, 0.5) is 8.78 Å². The molecule has 3 N–H and O–H groups in total. The maximum atomic E-state index is 13.0. The monoisotopic (exact) mass is 244 g/mol. The van der Waals surface area contributed by atoms with Gasteiger partial charge in [-0.1, -0.05) is 0 Å². The molecule has 17 heavy (non-hydrogen) atoms. The second-order valence-electron chi connectivity index (χ2n) is 3.92. The first-order chi connectivity index (χ1) is 8.06. The van der Waals surface area contributed by atoms with Gasteiger partial charge in [0, 0.05) is 12.7 Å². The van der Waals surface area contributed by atoms with E-state index in [0.717, 1.165) is 6.07 Å². The first-order valence-electron chi connectivity index (χ1n) is 5.59. The van der Waals surface area contributed by atoms with Crippen molar-refractivity contribution in [2.45, 2.75) is 32.4 Å². The van der Waals surface area contributed by atoms with E-state index in [9.17, 15) is 8.78 Å². The Kier molecular flexibility index (Phi) is 5.47. The topological polar surface area (TPSA) is 47.3 Å². The van der Waals surface area contributed by atoms with Crippen molar-refractivity contribution in [1.29, 1.82) is 0 Å². The van der Waals surface area contributed by atoms with Crippen molar-refractivity contribution in [2.75, 3.05) is 6.61 Å². The van der Waals surface area contributed by atoms with Gasteiger partial charge in [0.25, 0.3) is 0 Å². The highest BCUT2D eigenvalue weighted by Crippen LogP contribution is 2.12. The van der Waals surface area contributed by atoms with Crippen LogP contribution in [0, 0.1) is 11.6 Å². The third-order valence-corrected chi connectivity index (χ3v) is 2.59. The zero-order valence-electron chi connectivity index (χ0n) is 10.0. The van der Waals surface area contributed by atoms with E-state index >= 15 is 0 Å². The van der Waals surface area contributed by atoms with Crippen LogP contribution in [0.1, 0.15) is 19.4 Å². The van der Waals surface area contributed by atoms with E-state index in [0.29, 0.717) is 18.6 Å². The summed E-state index contributed by atoms with van der Waals surface area (Å²) in [4.78, 5) is 0. The summed E-state index contributed by atoms with van der Waals surface area (Å²) < 4.78 is 31.4. The van der Waals surface area contributed by atoms with E-state index in [2.05, 4.69) is 5.43 Å². The average molecular weight is 244 g/mol. The Labute approximate surface area is 99.9 Å². The highest BCUT2D eigenvalue weighted by atomic mass is 19.1. The molecule has 1 aromatic carbocycles. The zero-order chi connectivity index (χ0) is 12.8. The van der Waals surface area contributed by atoms with Crippen LogP contribution in [0.15, 0.2) is 18.2 Å².